The summed E-state index contributed by atoms with van der Waals surface area (Å²) in [5.74, 6) is 1.45. The van der Waals surface area contributed by atoms with Gasteiger partial charge >= 0.3 is 6.09 Å². The molecular weight excluding hydrogens is 372 g/mol. The van der Waals surface area contributed by atoms with Gasteiger partial charge in [-0.3, -0.25) is 0 Å². The first-order valence-electron chi connectivity index (χ1n) is 9.34. The van der Waals surface area contributed by atoms with Crippen molar-refractivity contribution in [2.24, 2.45) is 0 Å². The van der Waals surface area contributed by atoms with E-state index in [1.807, 2.05) is 25.1 Å². The molecule has 0 aromatic carbocycles. The zero-order valence-electron chi connectivity index (χ0n) is 15.9. The summed E-state index contributed by atoms with van der Waals surface area (Å²) in [5.41, 5.74) is 2.85. The molecular formula is C20H20N6O3. The van der Waals surface area contributed by atoms with Crippen molar-refractivity contribution in [1.82, 2.24) is 19.9 Å². The molecule has 0 bridgehead atoms. The second-order valence-electron chi connectivity index (χ2n) is 6.77. The van der Waals surface area contributed by atoms with Crippen molar-refractivity contribution in [3.8, 4) is 22.9 Å². The smallest absolute Gasteiger partial charge is 0.404 e. The Kier molecular flexibility index (Phi) is 4.91. The van der Waals surface area contributed by atoms with Crippen LogP contribution in [0.2, 0.25) is 0 Å². The van der Waals surface area contributed by atoms with E-state index in [4.69, 9.17) is 9.84 Å². The lowest BCUT2D eigenvalue weighted by Crippen LogP contribution is -2.36. The first-order chi connectivity index (χ1) is 14.1. The summed E-state index contributed by atoms with van der Waals surface area (Å²) in [6.45, 7) is 3.76. The van der Waals surface area contributed by atoms with Crippen molar-refractivity contribution >= 4 is 17.4 Å². The Balaban J connectivity index is 1.65. The molecule has 2 N–H and O–H groups in total. The maximum absolute atomic E-state index is 10.8. The van der Waals surface area contributed by atoms with Crippen LogP contribution < -0.4 is 15.0 Å². The van der Waals surface area contributed by atoms with Crippen LogP contribution in [-0.2, 0) is 0 Å². The molecule has 0 spiro atoms. The molecule has 3 aromatic rings. The Morgan fingerprint density at radius 3 is 3.00 bits per heavy atom. The number of anilines is 1. The number of carbonyl (C=O) groups is 1. The van der Waals surface area contributed by atoms with E-state index in [1.54, 1.807) is 16.9 Å². The van der Waals surface area contributed by atoms with Crippen LogP contribution in [0.5, 0.6) is 5.75 Å². The van der Waals surface area contributed by atoms with Crippen LogP contribution >= 0.6 is 0 Å². The second kappa shape index (κ2) is 7.67. The van der Waals surface area contributed by atoms with Crippen LogP contribution in [-0.4, -0.2) is 51.5 Å². The molecule has 0 unspecified atom stereocenters. The number of ether oxygens (including phenoxy) is 1. The number of nitriles is 1. The molecule has 9 heteroatoms. The van der Waals surface area contributed by atoms with Gasteiger partial charge in [0.2, 0.25) is 0 Å². The third-order valence-corrected chi connectivity index (χ3v) is 4.92. The Labute approximate surface area is 167 Å². The molecule has 1 atom stereocenters. The van der Waals surface area contributed by atoms with Gasteiger partial charge in [0.05, 0.1) is 36.1 Å². The second-order valence-corrected chi connectivity index (χ2v) is 6.77. The number of hydrogen-bond donors (Lipinski definition) is 2. The summed E-state index contributed by atoms with van der Waals surface area (Å²) in [6, 6.07) is 7.83. The predicted molar refractivity (Wildman–Crippen MR) is 106 cm³/mol. The molecule has 3 aromatic heterocycles. The SMILES string of the molecule is CCOc1cc(-c2ccc(N3CC[C@@H](NC(=O)O)C3)nc2)c2c(C#N)cnn2c1. The highest BCUT2D eigenvalue weighted by Crippen LogP contribution is 2.31. The van der Waals surface area contributed by atoms with Crippen LogP contribution in [0.15, 0.2) is 36.8 Å². The normalized spacial score (nSPS) is 16.0. The van der Waals surface area contributed by atoms with Crippen molar-refractivity contribution in [2.45, 2.75) is 19.4 Å². The van der Waals surface area contributed by atoms with Crippen LogP contribution in [0.25, 0.3) is 16.6 Å². The summed E-state index contributed by atoms with van der Waals surface area (Å²) in [4.78, 5) is 17.4. The molecule has 0 saturated carbocycles. The average Bonchev–Trinajstić information content (AvgIpc) is 3.34. The number of amides is 1. The largest absolute Gasteiger partial charge is 0.492 e. The van der Waals surface area contributed by atoms with Gasteiger partial charge in [0, 0.05) is 30.4 Å². The van der Waals surface area contributed by atoms with E-state index in [0.29, 0.717) is 30.0 Å². The van der Waals surface area contributed by atoms with Crippen molar-refractivity contribution < 1.29 is 14.6 Å². The van der Waals surface area contributed by atoms with Gasteiger partial charge in [-0.15, -0.1) is 0 Å². The lowest BCUT2D eigenvalue weighted by Gasteiger charge is -2.18. The number of nitrogens with one attached hydrogen (secondary N) is 1. The van der Waals surface area contributed by atoms with E-state index < -0.39 is 6.09 Å². The van der Waals surface area contributed by atoms with E-state index in [2.05, 4.69) is 26.4 Å². The molecule has 1 aliphatic heterocycles. The van der Waals surface area contributed by atoms with Gasteiger partial charge in [-0.25, -0.2) is 14.3 Å². The van der Waals surface area contributed by atoms with Crippen LogP contribution in [0, 0.1) is 11.3 Å². The Morgan fingerprint density at radius 2 is 2.31 bits per heavy atom. The standard InChI is InChI=1S/C20H20N6O3/c1-2-29-16-7-17(19-14(8-21)10-23-26(19)12-16)13-3-4-18(22-9-13)25-6-5-15(11-25)24-20(27)28/h3-4,7,9-10,12,15,24H,2,5-6,11H2,1H3,(H,27,28)/t15-/m1/s1. The van der Waals surface area contributed by atoms with E-state index in [9.17, 15) is 10.1 Å². The van der Waals surface area contributed by atoms with E-state index in [-0.39, 0.29) is 6.04 Å². The molecule has 1 amide bonds. The zero-order chi connectivity index (χ0) is 20.4. The van der Waals surface area contributed by atoms with Gasteiger partial charge in [-0.2, -0.15) is 10.4 Å². The minimum Gasteiger partial charge on any atom is -0.492 e. The average molecular weight is 392 g/mol. The molecule has 9 nitrogen and oxygen atoms in total. The van der Waals surface area contributed by atoms with E-state index >= 15 is 0 Å². The Hall–Kier alpha value is -3.80. The van der Waals surface area contributed by atoms with Crippen molar-refractivity contribution in [1.29, 1.82) is 5.26 Å². The van der Waals surface area contributed by atoms with Crippen LogP contribution in [0.3, 0.4) is 0 Å². The lowest BCUT2D eigenvalue weighted by molar-refractivity contribution is 0.191. The van der Waals surface area contributed by atoms with Gasteiger partial charge in [0.15, 0.2) is 0 Å². The molecule has 0 aliphatic carbocycles. The van der Waals surface area contributed by atoms with Gasteiger partial charge in [-0.1, -0.05) is 0 Å². The molecule has 0 radical (unpaired) electrons. The maximum atomic E-state index is 10.8. The van der Waals surface area contributed by atoms with Crippen molar-refractivity contribution in [3.05, 3.63) is 42.4 Å². The summed E-state index contributed by atoms with van der Waals surface area (Å²) < 4.78 is 7.29. The fraction of sp³-hybridized carbons (Fsp3) is 0.300. The first kappa shape index (κ1) is 18.6. The Morgan fingerprint density at radius 1 is 1.45 bits per heavy atom. The summed E-state index contributed by atoms with van der Waals surface area (Å²) >= 11 is 0. The molecule has 148 valence electrons. The summed E-state index contributed by atoms with van der Waals surface area (Å²) in [7, 11) is 0. The Bertz CT molecular complexity index is 1090. The number of carboxylic acid groups (broad SMARTS) is 1. The van der Waals surface area contributed by atoms with Crippen molar-refractivity contribution in [2.75, 3.05) is 24.6 Å². The highest BCUT2D eigenvalue weighted by atomic mass is 16.5. The number of pyridine rings is 2. The molecule has 4 heterocycles. The molecule has 4 rings (SSSR count). The number of aromatic nitrogens is 3. The minimum absolute atomic E-state index is 0.0959. The summed E-state index contributed by atoms with van der Waals surface area (Å²) in [5, 5.41) is 25.1. The third kappa shape index (κ3) is 3.65. The highest BCUT2D eigenvalue weighted by molar-refractivity contribution is 5.85. The molecule has 1 aliphatic rings. The van der Waals surface area contributed by atoms with E-state index in [0.717, 1.165) is 29.9 Å². The number of nitrogens with zero attached hydrogens (tertiary/aromatic N) is 5. The van der Waals surface area contributed by atoms with E-state index in [1.165, 1.54) is 6.20 Å². The maximum Gasteiger partial charge on any atom is 0.404 e. The number of fused-ring (bicyclic) bond motifs is 1. The minimum atomic E-state index is -1.01. The predicted octanol–water partition coefficient (Wildman–Crippen LogP) is 2.51. The fourth-order valence-electron chi connectivity index (χ4n) is 3.64. The van der Waals surface area contributed by atoms with Gasteiger partial charge in [0.25, 0.3) is 0 Å². The molecule has 1 saturated heterocycles. The van der Waals surface area contributed by atoms with Crippen molar-refractivity contribution in [3.63, 3.8) is 0 Å². The topological polar surface area (TPSA) is 116 Å². The third-order valence-electron chi connectivity index (χ3n) is 4.92. The fourth-order valence-corrected chi connectivity index (χ4v) is 3.64. The van der Waals surface area contributed by atoms with Gasteiger partial charge in [0.1, 0.15) is 17.6 Å². The molecule has 1 fully saturated rings. The quantitative estimate of drug-likeness (QED) is 0.685. The highest BCUT2D eigenvalue weighted by Gasteiger charge is 2.24. The summed E-state index contributed by atoms with van der Waals surface area (Å²) in [6.07, 6.45) is 4.79. The van der Waals surface area contributed by atoms with Crippen LogP contribution in [0.4, 0.5) is 10.6 Å². The van der Waals surface area contributed by atoms with Gasteiger partial charge < -0.3 is 20.1 Å². The molecule has 29 heavy (non-hydrogen) atoms. The lowest BCUT2D eigenvalue weighted by atomic mass is 10.1. The zero-order valence-corrected chi connectivity index (χ0v) is 15.9. The number of hydrogen-bond acceptors (Lipinski definition) is 6. The number of rotatable bonds is 5. The van der Waals surface area contributed by atoms with Crippen LogP contribution in [0.1, 0.15) is 18.9 Å². The first-order valence-corrected chi connectivity index (χ1v) is 9.34. The monoisotopic (exact) mass is 392 g/mol. The van der Waals surface area contributed by atoms with Gasteiger partial charge in [-0.05, 0) is 31.5 Å².